The van der Waals surface area contributed by atoms with Crippen LogP contribution in [0.25, 0.3) is 0 Å². The van der Waals surface area contributed by atoms with Crippen LogP contribution in [0.5, 0.6) is 0 Å². The van der Waals surface area contributed by atoms with Crippen LogP contribution in [0, 0.1) is 5.92 Å². The van der Waals surface area contributed by atoms with Gasteiger partial charge in [-0.2, -0.15) is 0 Å². The lowest BCUT2D eigenvalue weighted by molar-refractivity contribution is 0.178. The van der Waals surface area contributed by atoms with E-state index in [0.29, 0.717) is 25.6 Å². The first kappa shape index (κ1) is 16.5. The Morgan fingerprint density at radius 2 is 2.09 bits per heavy atom. The molecule has 0 radical (unpaired) electrons. The second-order valence-electron chi connectivity index (χ2n) is 5.63. The third-order valence-corrected chi connectivity index (χ3v) is 4.22. The van der Waals surface area contributed by atoms with E-state index in [1.807, 2.05) is 31.5 Å². The summed E-state index contributed by atoms with van der Waals surface area (Å²) >= 11 is 0. The Labute approximate surface area is 132 Å². The van der Waals surface area contributed by atoms with Crippen LogP contribution in [0.2, 0.25) is 0 Å². The maximum Gasteiger partial charge on any atom is 0.317 e. The summed E-state index contributed by atoms with van der Waals surface area (Å²) in [6.07, 6.45) is 5.80. The zero-order valence-electron chi connectivity index (χ0n) is 13.2. The van der Waals surface area contributed by atoms with Crippen LogP contribution < -0.4 is 10.2 Å². The van der Waals surface area contributed by atoms with E-state index < -0.39 is 0 Å². The largest absolute Gasteiger partial charge is 0.395 e. The number of aliphatic hydroxyl groups excluding tert-OH is 1. The number of rotatable bonds is 6. The smallest absolute Gasteiger partial charge is 0.317 e. The SMILES string of the molecule is CCN(CCO)C(=O)NCC1CCN(c2ccncc2)CC1. The number of anilines is 1. The van der Waals surface area contributed by atoms with Crippen molar-refractivity contribution in [3.63, 3.8) is 0 Å². The second kappa shape index (κ2) is 8.58. The number of aliphatic hydroxyl groups is 1. The molecule has 0 atom stereocenters. The summed E-state index contributed by atoms with van der Waals surface area (Å²) in [5, 5.41) is 11.9. The van der Waals surface area contributed by atoms with Gasteiger partial charge in [-0.3, -0.25) is 4.98 Å². The average Bonchev–Trinajstić information content (AvgIpc) is 2.59. The first-order valence-electron chi connectivity index (χ1n) is 8.03. The van der Waals surface area contributed by atoms with Gasteiger partial charge in [0.05, 0.1) is 6.61 Å². The van der Waals surface area contributed by atoms with Crippen molar-refractivity contribution in [2.24, 2.45) is 5.92 Å². The molecule has 0 aromatic carbocycles. The maximum absolute atomic E-state index is 12.0. The van der Waals surface area contributed by atoms with Gasteiger partial charge >= 0.3 is 6.03 Å². The Bertz CT molecular complexity index is 447. The molecular weight excluding hydrogens is 280 g/mol. The quantitative estimate of drug-likeness (QED) is 0.832. The molecule has 6 heteroatoms. The number of amides is 2. The summed E-state index contributed by atoms with van der Waals surface area (Å²) in [5.41, 5.74) is 1.22. The molecule has 1 saturated heterocycles. The number of nitrogens with zero attached hydrogens (tertiary/aromatic N) is 3. The van der Waals surface area contributed by atoms with Gasteiger partial charge < -0.3 is 20.2 Å². The van der Waals surface area contributed by atoms with Crippen LogP contribution in [0.3, 0.4) is 0 Å². The van der Waals surface area contributed by atoms with E-state index in [0.717, 1.165) is 25.9 Å². The minimum Gasteiger partial charge on any atom is -0.395 e. The van der Waals surface area contributed by atoms with Crippen molar-refractivity contribution in [1.82, 2.24) is 15.2 Å². The molecule has 0 bridgehead atoms. The molecule has 1 fully saturated rings. The number of hydrogen-bond acceptors (Lipinski definition) is 4. The number of hydrogen-bond donors (Lipinski definition) is 2. The Kier molecular flexibility index (Phi) is 6.45. The highest BCUT2D eigenvalue weighted by atomic mass is 16.3. The first-order chi connectivity index (χ1) is 10.7. The third-order valence-electron chi connectivity index (χ3n) is 4.22. The van der Waals surface area contributed by atoms with Crippen LogP contribution in [0.1, 0.15) is 19.8 Å². The van der Waals surface area contributed by atoms with Crippen molar-refractivity contribution < 1.29 is 9.90 Å². The van der Waals surface area contributed by atoms with Crippen LogP contribution in [-0.4, -0.2) is 60.4 Å². The summed E-state index contributed by atoms with van der Waals surface area (Å²) in [4.78, 5) is 20.0. The number of carbonyl (C=O) groups excluding carboxylic acids is 1. The van der Waals surface area contributed by atoms with Gasteiger partial charge in [-0.05, 0) is 37.8 Å². The van der Waals surface area contributed by atoms with Gasteiger partial charge in [-0.15, -0.1) is 0 Å². The lowest BCUT2D eigenvalue weighted by Crippen LogP contribution is -2.44. The Hall–Kier alpha value is -1.82. The van der Waals surface area contributed by atoms with Crippen LogP contribution >= 0.6 is 0 Å². The van der Waals surface area contributed by atoms with Gasteiger partial charge in [0.15, 0.2) is 0 Å². The molecule has 2 rings (SSSR count). The second-order valence-corrected chi connectivity index (χ2v) is 5.63. The van der Waals surface area contributed by atoms with Crippen molar-refractivity contribution in [3.05, 3.63) is 24.5 Å². The van der Waals surface area contributed by atoms with E-state index in [2.05, 4.69) is 15.2 Å². The molecule has 0 aliphatic carbocycles. The van der Waals surface area contributed by atoms with E-state index in [4.69, 9.17) is 5.11 Å². The minimum atomic E-state index is -0.0758. The zero-order valence-corrected chi connectivity index (χ0v) is 13.2. The molecule has 2 amide bonds. The van der Waals surface area contributed by atoms with Crippen LogP contribution in [-0.2, 0) is 0 Å². The Balaban J connectivity index is 1.72. The molecular formula is C16H26N4O2. The van der Waals surface area contributed by atoms with E-state index in [9.17, 15) is 4.79 Å². The molecule has 2 heterocycles. The van der Waals surface area contributed by atoms with Gasteiger partial charge in [-0.1, -0.05) is 0 Å². The predicted molar refractivity (Wildman–Crippen MR) is 86.9 cm³/mol. The summed E-state index contributed by atoms with van der Waals surface area (Å²) in [7, 11) is 0. The molecule has 1 aromatic rings. The molecule has 22 heavy (non-hydrogen) atoms. The van der Waals surface area contributed by atoms with Crippen molar-refractivity contribution in [1.29, 1.82) is 0 Å². The molecule has 2 N–H and O–H groups in total. The van der Waals surface area contributed by atoms with Crippen molar-refractivity contribution in [2.75, 3.05) is 44.2 Å². The molecule has 122 valence electrons. The molecule has 1 aromatic heterocycles. The van der Waals surface area contributed by atoms with Crippen molar-refractivity contribution >= 4 is 11.7 Å². The number of pyridine rings is 1. The number of likely N-dealkylation sites (N-methyl/N-ethyl adjacent to an activating group) is 1. The Morgan fingerprint density at radius 1 is 1.41 bits per heavy atom. The lowest BCUT2D eigenvalue weighted by atomic mass is 9.96. The van der Waals surface area contributed by atoms with E-state index in [-0.39, 0.29) is 12.6 Å². The molecule has 1 aliphatic rings. The molecule has 0 unspecified atom stereocenters. The summed E-state index contributed by atoms with van der Waals surface area (Å²) in [6, 6.07) is 4.00. The monoisotopic (exact) mass is 306 g/mol. The highest BCUT2D eigenvalue weighted by Gasteiger charge is 2.20. The number of urea groups is 1. The van der Waals surface area contributed by atoms with E-state index in [1.165, 1.54) is 5.69 Å². The minimum absolute atomic E-state index is 0.00554. The number of nitrogens with one attached hydrogen (secondary N) is 1. The molecule has 0 saturated carbocycles. The van der Waals surface area contributed by atoms with Crippen LogP contribution in [0.4, 0.5) is 10.5 Å². The van der Waals surface area contributed by atoms with Gasteiger partial charge in [0, 0.05) is 50.8 Å². The third kappa shape index (κ3) is 4.59. The fourth-order valence-electron chi connectivity index (χ4n) is 2.82. The van der Waals surface area contributed by atoms with Crippen molar-refractivity contribution in [2.45, 2.75) is 19.8 Å². The van der Waals surface area contributed by atoms with Crippen LogP contribution in [0.15, 0.2) is 24.5 Å². The standard InChI is InChI=1S/C16H26N4O2/c1-2-19(11-12-21)16(22)18-13-14-5-9-20(10-6-14)15-3-7-17-8-4-15/h3-4,7-8,14,21H,2,5-6,9-13H2,1H3,(H,18,22). The number of carbonyl (C=O) groups is 1. The normalized spacial score (nSPS) is 15.6. The molecule has 0 spiro atoms. The fraction of sp³-hybridized carbons (Fsp3) is 0.625. The average molecular weight is 306 g/mol. The Morgan fingerprint density at radius 3 is 2.68 bits per heavy atom. The highest BCUT2D eigenvalue weighted by Crippen LogP contribution is 2.22. The zero-order chi connectivity index (χ0) is 15.8. The lowest BCUT2D eigenvalue weighted by Gasteiger charge is -2.34. The van der Waals surface area contributed by atoms with Crippen molar-refractivity contribution in [3.8, 4) is 0 Å². The van der Waals surface area contributed by atoms with Gasteiger partial charge in [-0.25, -0.2) is 4.79 Å². The summed E-state index contributed by atoms with van der Waals surface area (Å²) in [6.45, 7) is 5.67. The summed E-state index contributed by atoms with van der Waals surface area (Å²) < 4.78 is 0. The summed E-state index contributed by atoms with van der Waals surface area (Å²) in [5.74, 6) is 0.523. The van der Waals surface area contributed by atoms with Gasteiger partial charge in [0.1, 0.15) is 0 Å². The topological polar surface area (TPSA) is 68.7 Å². The number of piperidine rings is 1. The van der Waals surface area contributed by atoms with Gasteiger partial charge in [0.2, 0.25) is 0 Å². The van der Waals surface area contributed by atoms with E-state index >= 15 is 0 Å². The highest BCUT2D eigenvalue weighted by molar-refractivity contribution is 5.74. The predicted octanol–water partition coefficient (Wildman–Crippen LogP) is 1.32. The van der Waals surface area contributed by atoms with Gasteiger partial charge in [0.25, 0.3) is 0 Å². The van der Waals surface area contributed by atoms with E-state index in [1.54, 1.807) is 4.90 Å². The molecule has 1 aliphatic heterocycles. The number of aromatic nitrogens is 1. The first-order valence-corrected chi connectivity index (χ1v) is 8.03. The fourth-order valence-corrected chi connectivity index (χ4v) is 2.82. The maximum atomic E-state index is 12.0. The molecule has 6 nitrogen and oxygen atoms in total.